The van der Waals surface area contributed by atoms with Crippen molar-refractivity contribution in [3.05, 3.63) is 75.2 Å². The molecule has 31 heavy (non-hydrogen) atoms. The molecule has 7 heteroatoms. The summed E-state index contributed by atoms with van der Waals surface area (Å²) in [7, 11) is 0. The summed E-state index contributed by atoms with van der Waals surface area (Å²) < 4.78 is 14.8. The number of nitrogens with one attached hydrogen (secondary N) is 1. The summed E-state index contributed by atoms with van der Waals surface area (Å²) in [5.41, 5.74) is 3.49. The van der Waals surface area contributed by atoms with Crippen molar-refractivity contribution in [2.45, 2.75) is 43.9 Å². The average molecular weight is 439 g/mol. The van der Waals surface area contributed by atoms with Crippen molar-refractivity contribution in [3.8, 4) is 11.3 Å². The number of Topliss-reactive ketones (excluding diaryl/α,β-unsaturated/α-hetero) is 1. The third-order valence-corrected chi connectivity index (χ3v) is 6.56. The van der Waals surface area contributed by atoms with Crippen LogP contribution in [0.25, 0.3) is 11.3 Å². The number of fused-ring (bicyclic) bond motifs is 1. The van der Waals surface area contributed by atoms with Gasteiger partial charge >= 0.3 is 5.97 Å². The number of aryl methyl sites for hydroxylation is 1. The van der Waals surface area contributed by atoms with Crippen molar-refractivity contribution >= 4 is 23.4 Å². The Hall–Kier alpha value is -2.99. The number of aromatic carboxylic acids is 1. The summed E-state index contributed by atoms with van der Waals surface area (Å²) in [6.07, 6.45) is 4.26. The molecule has 3 aromatic rings. The number of H-pyrrole nitrogens is 1. The SMILES string of the molecule is O=C(O)c1ccc(-c2n[nH]c3c2C(C(=O)c2c(Cl)cccc2C2CC2)CCC3)c(F)c1. The molecule has 0 spiro atoms. The lowest BCUT2D eigenvalue weighted by molar-refractivity contribution is 0.0696. The minimum Gasteiger partial charge on any atom is -0.478 e. The second kappa shape index (κ2) is 7.61. The Morgan fingerprint density at radius 2 is 1.97 bits per heavy atom. The van der Waals surface area contributed by atoms with Gasteiger partial charge in [0.15, 0.2) is 5.78 Å². The normalized spacial score (nSPS) is 17.9. The summed E-state index contributed by atoms with van der Waals surface area (Å²) in [5, 5.41) is 16.9. The van der Waals surface area contributed by atoms with E-state index < -0.39 is 17.7 Å². The molecular weight excluding hydrogens is 419 g/mol. The number of carboxylic acid groups (broad SMARTS) is 1. The molecule has 5 rings (SSSR count). The number of aromatic nitrogens is 2. The van der Waals surface area contributed by atoms with Crippen LogP contribution >= 0.6 is 11.6 Å². The van der Waals surface area contributed by atoms with Gasteiger partial charge in [-0.1, -0.05) is 23.7 Å². The maximum atomic E-state index is 14.8. The van der Waals surface area contributed by atoms with Crippen LogP contribution in [0.5, 0.6) is 0 Å². The predicted molar refractivity (Wildman–Crippen MR) is 114 cm³/mol. The van der Waals surface area contributed by atoms with Crippen LogP contribution in [0.4, 0.5) is 4.39 Å². The first kappa shape index (κ1) is 19.9. The van der Waals surface area contributed by atoms with Gasteiger partial charge in [0, 0.05) is 22.4 Å². The van der Waals surface area contributed by atoms with Gasteiger partial charge in [-0.15, -0.1) is 0 Å². The number of rotatable bonds is 5. The van der Waals surface area contributed by atoms with Gasteiger partial charge in [-0.3, -0.25) is 9.89 Å². The maximum absolute atomic E-state index is 14.8. The van der Waals surface area contributed by atoms with Gasteiger partial charge in [0.2, 0.25) is 0 Å². The van der Waals surface area contributed by atoms with Gasteiger partial charge in [0.25, 0.3) is 0 Å². The van der Waals surface area contributed by atoms with E-state index in [1.165, 1.54) is 12.1 Å². The van der Waals surface area contributed by atoms with E-state index in [4.69, 9.17) is 16.7 Å². The highest BCUT2D eigenvalue weighted by atomic mass is 35.5. The van der Waals surface area contributed by atoms with E-state index in [1.807, 2.05) is 12.1 Å². The monoisotopic (exact) mass is 438 g/mol. The van der Waals surface area contributed by atoms with E-state index in [-0.39, 0.29) is 16.9 Å². The number of carbonyl (C=O) groups excluding carboxylic acids is 1. The zero-order valence-electron chi connectivity index (χ0n) is 16.6. The molecule has 1 heterocycles. The largest absolute Gasteiger partial charge is 0.478 e. The molecule has 1 unspecified atom stereocenters. The van der Waals surface area contributed by atoms with Crippen molar-refractivity contribution < 1.29 is 19.1 Å². The molecule has 0 aliphatic heterocycles. The second-order valence-electron chi connectivity index (χ2n) is 8.25. The molecule has 5 nitrogen and oxygen atoms in total. The van der Waals surface area contributed by atoms with Crippen LogP contribution in [-0.2, 0) is 6.42 Å². The van der Waals surface area contributed by atoms with Gasteiger partial charge in [-0.2, -0.15) is 5.10 Å². The van der Waals surface area contributed by atoms with Crippen LogP contribution in [0.2, 0.25) is 5.02 Å². The van der Waals surface area contributed by atoms with Crippen molar-refractivity contribution in [2.75, 3.05) is 0 Å². The quantitative estimate of drug-likeness (QED) is 0.497. The molecular formula is C24H20ClFN2O3. The summed E-state index contributed by atoms with van der Waals surface area (Å²) in [4.78, 5) is 24.9. The summed E-state index contributed by atoms with van der Waals surface area (Å²) in [6.45, 7) is 0. The summed E-state index contributed by atoms with van der Waals surface area (Å²) >= 11 is 6.49. The highest BCUT2D eigenvalue weighted by Gasteiger charge is 2.37. The molecule has 0 amide bonds. The number of carboxylic acids is 1. The van der Waals surface area contributed by atoms with Gasteiger partial charge in [-0.25, -0.2) is 9.18 Å². The minimum atomic E-state index is -1.20. The fraction of sp³-hybridized carbons (Fsp3) is 0.292. The highest BCUT2D eigenvalue weighted by molar-refractivity contribution is 6.34. The molecule has 1 atom stereocenters. The lowest BCUT2D eigenvalue weighted by atomic mass is 9.78. The smallest absolute Gasteiger partial charge is 0.335 e. The molecule has 2 aromatic carbocycles. The van der Waals surface area contributed by atoms with Crippen LogP contribution in [0.1, 0.15) is 75.1 Å². The third kappa shape index (κ3) is 3.45. The van der Waals surface area contributed by atoms with Crippen molar-refractivity contribution in [1.29, 1.82) is 0 Å². The van der Waals surface area contributed by atoms with Crippen molar-refractivity contribution in [2.24, 2.45) is 0 Å². The van der Waals surface area contributed by atoms with E-state index in [9.17, 15) is 14.0 Å². The Labute approximate surface area is 183 Å². The number of aromatic amines is 1. The molecule has 2 aliphatic carbocycles. The van der Waals surface area contributed by atoms with E-state index >= 15 is 0 Å². The average Bonchev–Trinajstić information content (AvgIpc) is 3.52. The maximum Gasteiger partial charge on any atom is 0.335 e. The number of nitrogens with zero attached hydrogens (tertiary/aromatic N) is 1. The van der Waals surface area contributed by atoms with E-state index in [0.717, 1.165) is 43.0 Å². The van der Waals surface area contributed by atoms with Crippen LogP contribution in [0, 0.1) is 5.82 Å². The number of carbonyl (C=O) groups is 2. The summed E-state index contributed by atoms with van der Waals surface area (Å²) in [5.74, 6) is -2.05. The van der Waals surface area contributed by atoms with Crippen LogP contribution < -0.4 is 0 Å². The van der Waals surface area contributed by atoms with Crippen LogP contribution in [0.15, 0.2) is 36.4 Å². The standard InChI is InChI=1S/C24H20ClFN2O3/c25-17-5-1-3-14(12-7-8-12)20(17)23(29)16-4-2-6-19-21(16)22(28-27-19)15-10-9-13(24(30)31)11-18(15)26/h1,3,5,9-12,16H,2,4,6-8H2,(H,27,28)(H,30,31). The van der Waals surface area contributed by atoms with E-state index in [2.05, 4.69) is 10.2 Å². The van der Waals surface area contributed by atoms with Gasteiger partial charge < -0.3 is 5.11 Å². The fourth-order valence-corrected chi connectivity index (χ4v) is 4.87. The molecule has 0 bridgehead atoms. The Kier molecular flexibility index (Phi) is 4.89. The first-order valence-electron chi connectivity index (χ1n) is 10.4. The Morgan fingerprint density at radius 3 is 2.68 bits per heavy atom. The van der Waals surface area contributed by atoms with Gasteiger partial charge in [-0.05, 0) is 67.9 Å². The van der Waals surface area contributed by atoms with E-state index in [0.29, 0.717) is 34.2 Å². The lowest BCUT2D eigenvalue weighted by Crippen LogP contribution is -2.20. The molecule has 1 saturated carbocycles. The number of hydrogen-bond donors (Lipinski definition) is 2. The molecule has 1 aromatic heterocycles. The molecule has 0 saturated heterocycles. The van der Waals surface area contributed by atoms with Crippen molar-refractivity contribution in [1.82, 2.24) is 10.2 Å². The Morgan fingerprint density at radius 1 is 1.16 bits per heavy atom. The van der Waals surface area contributed by atoms with Crippen molar-refractivity contribution in [3.63, 3.8) is 0 Å². The first-order valence-corrected chi connectivity index (χ1v) is 10.8. The van der Waals surface area contributed by atoms with Crippen LogP contribution in [0.3, 0.4) is 0 Å². The zero-order valence-corrected chi connectivity index (χ0v) is 17.4. The molecule has 1 fully saturated rings. The fourth-order valence-electron chi connectivity index (χ4n) is 4.60. The Balaban J connectivity index is 1.60. The minimum absolute atomic E-state index is 0.0568. The van der Waals surface area contributed by atoms with Gasteiger partial charge in [0.1, 0.15) is 5.82 Å². The topological polar surface area (TPSA) is 83.0 Å². The molecule has 158 valence electrons. The third-order valence-electron chi connectivity index (χ3n) is 6.25. The second-order valence-corrected chi connectivity index (χ2v) is 8.66. The lowest BCUT2D eigenvalue weighted by Gasteiger charge is -2.24. The molecule has 2 aliphatic rings. The summed E-state index contributed by atoms with van der Waals surface area (Å²) in [6, 6.07) is 9.34. The predicted octanol–water partition coefficient (Wildman–Crippen LogP) is 5.75. The number of benzene rings is 2. The number of hydrogen-bond acceptors (Lipinski definition) is 3. The number of halogens is 2. The highest BCUT2D eigenvalue weighted by Crippen LogP contribution is 2.46. The molecule has 0 radical (unpaired) electrons. The molecule has 2 N–H and O–H groups in total. The zero-order chi connectivity index (χ0) is 21.7. The Bertz CT molecular complexity index is 1220. The van der Waals surface area contributed by atoms with Crippen LogP contribution in [-0.4, -0.2) is 27.1 Å². The first-order chi connectivity index (χ1) is 15.0. The van der Waals surface area contributed by atoms with Gasteiger partial charge in [0.05, 0.1) is 22.2 Å². The number of ketones is 1. The van der Waals surface area contributed by atoms with E-state index in [1.54, 1.807) is 6.07 Å².